The number of hydrogen-bond donors (Lipinski definition) is 1. The van der Waals surface area contributed by atoms with E-state index in [1.54, 1.807) is 36.4 Å². The van der Waals surface area contributed by atoms with Crippen LogP contribution in [0.4, 0.5) is 5.69 Å². The predicted molar refractivity (Wildman–Crippen MR) is 123 cm³/mol. The molecule has 156 valence electrons. The maximum atomic E-state index is 13.1. The average molecular weight is 478 g/mol. The Morgan fingerprint density at radius 1 is 0.968 bits per heavy atom. The minimum Gasteiger partial charge on any atom is -0.507 e. The van der Waals surface area contributed by atoms with Gasteiger partial charge < -0.3 is 9.84 Å². The number of ether oxygens (including phenoxy) is 1. The fourth-order valence-corrected chi connectivity index (χ4v) is 3.95. The molecule has 0 radical (unpaired) electrons. The highest BCUT2D eigenvalue weighted by Crippen LogP contribution is 2.42. The average Bonchev–Trinajstić information content (AvgIpc) is 3.06. The Hall–Kier alpha value is -3.38. The Morgan fingerprint density at radius 3 is 2.23 bits per heavy atom. The number of aliphatic hydroxyl groups excluding tert-OH is 1. The van der Waals surface area contributed by atoms with Crippen molar-refractivity contribution in [1.29, 1.82) is 0 Å². The highest BCUT2D eigenvalue weighted by Gasteiger charge is 2.46. The van der Waals surface area contributed by atoms with E-state index >= 15 is 0 Å². The molecule has 0 aliphatic carbocycles. The topological polar surface area (TPSA) is 66.8 Å². The molecule has 1 heterocycles. The molecule has 3 aromatic rings. The minimum atomic E-state index is -0.742. The van der Waals surface area contributed by atoms with Gasteiger partial charge in [0.2, 0.25) is 0 Å². The van der Waals surface area contributed by atoms with Crippen LogP contribution in [-0.2, 0) is 9.59 Å². The van der Waals surface area contributed by atoms with Crippen molar-refractivity contribution in [3.05, 3.63) is 100 Å². The molecule has 4 rings (SSSR count). The first-order valence-corrected chi connectivity index (χ1v) is 10.6. The molecule has 6 heteroatoms. The number of benzene rings is 3. The number of Topliss-reactive ketones (excluding diaryl/α,β-unsaturated/α-hetero) is 1. The van der Waals surface area contributed by atoms with E-state index in [0.29, 0.717) is 23.6 Å². The van der Waals surface area contributed by atoms with Crippen LogP contribution in [-0.4, -0.2) is 23.4 Å². The molecule has 1 amide bonds. The number of halogens is 1. The largest absolute Gasteiger partial charge is 0.507 e. The second-order valence-electron chi connectivity index (χ2n) is 7.01. The Labute approximate surface area is 188 Å². The maximum Gasteiger partial charge on any atom is 0.300 e. The maximum absolute atomic E-state index is 13.1. The van der Waals surface area contributed by atoms with Crippen molar-refractivity contribution < 1.29 is 19.4 Å². The molecule has 1 atom stereocenters. The van der Waals surface area contributed by atoms with Gasteiger partial charge in [0.15, 0.2) is 0 Å². The minimum absolute atomic E-state index is 0.0586. The van der Waals surface area contributed by atoms with Crippen LogP contribution in [0.5, 0.6) is 5.75 Å². The molecule has 0 aromatic heterocycles. The van der Waals surface area contributed by atoms with Crippen LogP contribution in [0.3, 0.4) is 0 Å². The molecular formula is C25H20BrNO4. The van der Waals surface area contributed by atoms with Crippen molar-refractivity contribution in [2.24, 2.45) is 0 Å². The van der Waals surface area contributed by atoms with E-state index in [4.69, 9.17) is 4.74 Å². The van der Waals surface area contributed by atoms with E-state index in [9.17, 15) is 14.7 Å². The van der Waals surface area contributed by atoms with Gasteiger partial charge in [-0.2, -0.15) is 0 Å². The summed E-state index contributed by atoms with van der Waals surface area (Å²) in [6.07, 6.45) is 0. The summed E-state index contributed by atoms with van der Waals surface area (Å²) >= 11 is 3.39. The lowest BCUT2D eigenvalue weighted by atomic mass is 9.95. The van der Waals surface area contributed by atoms with Crippen molar-refractivity contribution in [1.82, 2.24) is 0 Å². The zero-order valence-electron chi connectivity index (χ0n) is 16.8. The monoisotopic (exact) mass is 477 g/mol. The third kappa shape index (κ3) is 3.99. The molecule has 0 bridgehead atoms. The number of carbonyl (C=O) groups excluding carboxylic acids is 2. The number of aliphatic hydroxyl groups is 1. The van der Waals surface area contributed by atoms with Crippen LogP contribution in [0.1, 0.15) is 24.1 Å². The van der Waals surface area contributed by atoms with E-state index in [1.165, 1.54) is 4.90 Å². The van der Waals surface area contributed by atoms with Crippen molar-refractivity contribution in [3.63, 3.8) is 0 Å². The molecule has 0 spiro atoms. The van der Waals surface area contributed by atoms with Gasteiger partial charge in [-0.3, -0.25) is 14.5 Å². The molecule has 1 saturated heterocycles. The number of anilines is 1. The fourth-order valence-electron chi connectivity index (χ4n) is 3.68. The van der Waals surface area contributed by atoms with Crippen molar-refractivity contribution in [2.75, 3.05) is 11.5 Å². The van der Waals surface area contributed by atoms with E-state index in [0.717, 1.165) is 10.0 Å². The summed E-state index contributed by atoms with van der Waals surface area (Å²) in [5.41, 5.74) is 1.81. The van der Waals surface area contributed by atoms with Crippen LogP contribution in [0.2, 0.25) is 0 Å². The van der Waals surface area contributed by atoms with Gasteiger partial charge in [-0.15, -0.1) is 0 Å². The number of rotatable bonds is 5. The first-order valence-electron chi connectivity index (χ1n) is 9.86. The smallest absolute Gasteiger partial charge is 0.300 e. The third-order valence-electron chi connectivity index (χ3n) is 5.10. The van der Waals surface area contributed by atoms with Crippen LogP contribution in [0, 0.1) is 0 Å². The van der Waals surface area contributed by atoms with Crippen LogP contribution >= 0.6 is 15.9 Å². The van der Waals surface area contributed by atoms with E-state index < -0.39 is 17.7 Å². The molecule has 1 N–H and O–H groups in total. The second-order valence-corrected chi connectivity index (χ2v) is 7.93. The van der Waals surface area contributed by atoms with Crippen molar-refractivity contribution >= 4 is 39.1 Å². The Bertz CT molecular complexity index is 1140. The van der Waals surface area contributed by atoms with Gasteiger partial charge in [0.25, 0.3) is 11.7 Å². The number of ketones is 1. The standard InChI is InChI=1S/C25H20BrNO4/c1-2-31-20-14-8-17(9-15-20)23(28)21-22(16-6-4-3-5-7-16)27(25(30)24(21)29)19-12-10-18(26)11-13-19/h3-15,22,28H,2H2,1H3/b23-21+. The summed E-state index contributed by atoms with van der Waals surface area (Å²) in [4.78, 5) is 27.6. The summed E-state index contributed by atoms with van der Waals surface area (Å²) in [5.74, 6) is -0.948. The highest BCUT2D eigenvalue weighted by atomic mass is 79.9. The second kappa shape index (κ2) is 8.78. The van der Waals surface area contributed by atoms with Crippen LogP contribution < -0.4 is 9.64 Å². The highest BCUT2D eigenvalue weighted by molar-refractivity contribution is 9.10. The predicted octanol–water partition coefficient (Wildman–Crippen LogP) is 5.47. The molecule has 5 nitrogen and oxygen atoms in total. The van der Waals surface area contributed by atoms with E-state index in [2.05, 4.69) is 15.9 Å². The van der Waals surface area contributed by atoms with E-state index in [1.807, 2.05) is 49.4 Å². The summed E-state index contributed by atoms with van der Waals surface area (Å²) in [6.45, 7) is 2.41. The first-order chi connectivity index (χ1) is 15.0. The summed E-state index contributed by atoms with van der Waals surface area (Å²) < 4.78 is 6.31. The lowest BCUT2D eigenvalue weighted by Crippen LogP contribution is -2.29. The van der Waals surface area contributed by atoms with Crippen molar-refractivity contribution in [3.8, 4) is 5.75 Å². The summed E-state index contributed by atoms with van der Waals surface area (Å²) in [7, 11) is 0. The number of carbonyl (C=O) groups is 2. The number of amides is 1. The van der Waals surface area contributed by atoms with Gasteiger partial charge in [-0.05, 0) is 61.0 Å². The molecule has 1 aliphatic heterocycles. The fraction of sp³-hybridized carbons (Fsp3) is 0.120. The normalized spacial score (nSPS) is 17.7. The zero-order chi connectivity index (χ0) is 22.0. The summed E-state index contributed by atoms with van der Waals surface area (Å²) in [5, 5.41) is 11.1. The van der Waals surface area contributed by atoms with Gasteiger partial charge in [0.1, 0.15) is 11.5 Å². The first kappa shape index (κ1) is 20.9. The Morgan fingerprint density at radius 2 is 1.61 bits per heavy atom. The molecule has 1 unspecified atom stereocenters. The van der Waals surface area contributed by atoms with Gasteiger partial charge in [-0.25, -0.2) is 0 Å². The summed E-state index contributed by atoms with van der Waals surface area (Å²) in [6, 6.07) is 22.4. The quantitative estimate of drug-likeness (QED) is 0.300. The molecule has 1 aliphatic rings. The molecule has 3 aromatic carbocycles. The third-order valence-corrected chi connectivity index (χ3v) is 5.63. The van der Waals surface area contributed by atoms with Crippen molar-refractivity contribution in [2.45, 2.75) is 13.0 Å². The van der Waals surface area contributed by atoms with Crippen LogP contribution in [0.15, 0.2) is 88.9 Å². The zero-order valence-corrected chi connectivity index (χ0v) is 18.4. The Kier molecular flexibility index (Phi) is 5.91. The number of nitrogens with zero attached hydrogens (tertiary/aromatic N) is 1. The number of hydrogen-bond acceptors (Lipinski definition) is 4. The molecule has 31 heavy (non-hydrogen) atoms. The van der Waals surface area contributed by atoms with Gasteiger partial charge in [0, 0.05) is 15.7 Å². The van der Waals surface area contributed by atoms with Crippen LogP contribution in [0.25, 0.3) is 5.76 Å². The van der Waals surface area contributed by atoms with E-state index in [-0.39, 0.29) is 11.3 Å². The molecule has 1 fully saturated rings. The molecule has 0 saturated carbocycles. The lowest BCUT2D eigenvalue weighted by Gasteiger charge is -2.25. The van der Waals surface area contributed by atoms with Gasteiger partial charge in [0.05, 0.1) is 18.2 Å². The molecular weight excluding hydrogens is 458 g/mol. The van der Waals surface area contributed by atoms with Gasteiger partial charge >= 0.3 is 0 Å². The van der Waals surface area contributed by atoms with Gasteiger partial charge in [-0.1, -0.05) is 46.3 Å². The lowest BCUT2D eigenvalue weighted by molar-refractivity contribution is -0.132. The SMILES string of the molecule is CCOc1ccc(/C(O)=C2\C(=O)C(=O)N(c3ccc(Br)cc3)C2c2ccccc2)cc1. The Balaban J connectivity index is 1.87.